The van der Waals surface area contributed by atoms with Gasteiger partial charge in [0.25, 0.3) is 0 Å². The molecule has 0 aliphatic carbocycles. The number of halogens is 2. The monoisotopic (exact) mass is 363 g/mol. The van der Waals surface area contributed by atoms with Crippen molar-refractivity contribution in [2.45, 2.75) is 16.7 Å². The van der Waals surface area contributed by atoms with E-state index in [2.05, 4.69) is 4.98 Å². The third kappa shape index (κ3) is 4.22. The first-order chi connectivity index (χ1) is 11.1. The van der Waals surface area contributed by atoms with Gasteiger partial charge < -0.3 is 10.3 Å². The summed E-state index contributed by atoms with van der Waals surface area (Å²) in [5.41, 5.74) is 7.56. The van der Waals surface area contributed by atoms with Crippen molar-refractivity contribution in [3.63, 3.8) is 0 Å². The van der Waals surface area contributed by atoms with Crippen molar-refractivity contribution < 1.29 is 0 Å². The zero-order valence-corrected chi connectivity index (χ0v) is 14.5. The van der Waals surface area contributed by atoms with E-state index >= 15 is 0 Å². The number of thioether (sulfide) groups is 1. The largest absolute Gasteiger partial charge is 0.399 e. The van der Waals surface area contributed by atoms with Gasteiger partial charge in [-0.1, -0.05) is 29.3 Å². The summed E-state index contributed by atoms with van der Waals surface area (Å²) in [6, 6.07) is 13.5. The topological polar surface area (TPSA) is 43.8 Å². The zero-order chi connectivity index (χ0) is 16.2. The predicted octanol–water partition coefficient (Wildman–Crippen LogP) is 5.31. The lowest BCUT2D eigenvalue weighted by Gasteiger charge is -2.19. The minimum atomic E-state index is 0.137. The van der Waals surface area contributed by atoms with E-state index in [4.69, 9.17) is 28.9 Å². The second-order valence-electron chi connectivity index (χ2n) is 5.10. The van der Waals surface area contributed by atoms with Crippen molar-refractivity contribution in [1.82, 2.24) is 9.55 Å². The Morgan fingerprint density at radius 2 is 1.91 bits per heavy atom. The van der Waals surface area contributed by atoms with Gasteiger partial charge in [-0.05, 0) is 42.0 Å². The molecule has 3 aromatic rings. The predicted molar refractivity (Wildman–Crippen MR) is 98.1 cm³/mol. The maximum atomic E-state index is 6.41. The number of hydrogen-bond donors (Lipinski definition) is 1. The third-order valence-corrected chi connectivity index (χ3v) is 5.20. The fourth-order valence-corrected chi connectivity index (χ4v) is 4.06. The minimum Gasteiger partial charge on any atom is -0.399 e. The number of nitrogen functional groups attached to an aromatic ring is 1. The fourth-order valence-electron chi connectivity index (χ4n) is 2.26. The number of benzene rings is 2. The molecule has 0 fully saturated rings. The third-order valence-electron chi connectivity index (χ3n) is 3.40. The molecule has 0 radical (unpaired) electrons. The number of aromatic nitrogens is 2. The average Bonchev–Trinajstić information content (AvgIpc) is 3.02. The van der Waals surface area contributed by atoms with Gasteiger partial charge in [-0.3, -0.25) is 0 Å². The van der Waals surface area contributed by atoms with Crippen LogP contribution in [0.5, 0.6) is 0 Å². The minimum absolute atomic E-state index is 0.137. The van der Waals surface area contributed by atoms with Gasteiger partial charge in [-0.15, -0.1) is 11.8 Å². The molecule has 118 valence electrons. The number of hydrogen-bond acceptors (Lipinski definition) is 3. The Balaban J connectivity index is 1.90. The lowest BCUT2D eigenvalue weighted by atomic mass is 10.1. The van der Waals surface area contributed by atoms with Crippen LogP contribution in [0.15, 0.2) is 66.1 Å². The molecular formula is C17H15Cl2N3S. The van der Waals surface area contributed by atoms with Gasteiger partial charge in [0.2, 0.25) is 0 Å². The Morgan fingerprint density at radius 3 is 2.57 bits per heavy atom. The van der Waals surface area contributed by atoms with E-state index in [1.54, 1.807) is 30.4 Å². The highest BCUT2D eigenvalue weighted by Gasteiger charge is 2.17. The number of nitrogens with zero attached hydrogens (tertiary/aromatic N) is 2. The summed E-state index contributed by atoms with van der Waals surface area (Å²) < 4.78 is 2.04. The van der Waals surface area contributed by atoms with Gasteiger partial charge in [-0.2, -0.15) is 0 Å². The highest BCUT2D eigenvalue weighted by Crippen LogP contribution is 2.40. The van der Waals surface area contributed by atoms with Crippen LogP contribution < -0.4 is 5.73 Å². The van der Waals surface area contributed by atoms with Crippen molar-refractivity contribution in [3.8, 4) is 0 Å². The van der Waals surface area contributed by atoms with E-state index in [9.17, 15) is 0 Å². The van der Waals surface area contributed by atoms with E-state index in [1.807, 2.05) is 47.2 Å². The van der Waals surface area contributed by atoms with Crippen LogP contribution in [0.1, 0.15) is 10.8 Å². The molecule has 2 N–H and O–H groups in total. The van der Waals surface area contributed by atoms with E-state index < -0.39 is 0 Å². The Kier molecular flexibility index (Phi) is 5.16. The second-order valence-corrected chi connectivity index (χ2v) is 7.22. The summed E-state index contributed by atoms with van der Waals surface area (Å²) in [5, 5.41) is 1.45. The average molecular weight is 364 g/mol. The van der Waals surface area contributed by atoms with Gasteiger partial charge in [0, 0.05) is 39.6 Å². The molecule has 0 spiro atoms. The molecular weight excluding hydrogens is 349 g/mol. The van der Waals surface area contributed by atoms with Crippen LogP contribution in [0.2, 0.25) is 10.0 Å². The van der Waals surface area contributed by atoms with Crippen LogP contribution in [0.25, 0.3) is 0 Å². The molecule has 1 aromatic heterocycles. The van der Waals surface area contributed by atoms with E-state index in [0.717, 1.165) is 22.7 Å². The first-order valence-electron chi connectivity index (χ1n) is 7.05. The lowest BCUT2D eigenvalue weighted by molar-refractivity contribution is 0.683. The quantitative estimate of drug-likeness (QED) is 0.493. The smallest absolute Gasteiger partial charge is 0.0946 e. The molecule has 0 saturated carbocycles. The molecule has 0 bridgehead atoms. The summed E-state index contributed by atoms with van der Waals surface area (Å²) in [7, 11) is 0. The Bertz CT molecular complexity index is 773. The molecule has 23 heavy (non-hydrogen) atoms. The van der Waals surface area contributed by atoms with Crippen molar-refractivity contribution >= 4 is 40.7 Å². The Hall–Kier alpha value is -1.62. The van der Waals surface area contributed by atoms with Crippen molar-refractivity contribution in [1.29, 1.82) is 0 Å². The first-order valence-corrected chi connectivity index (χ1v) is 8.68. The Labute approximate surface area is 149 Å². The van der Waals surface area contributed by atoms with Crippen LogP contribution in [0.4, 0.5) is 5.69 Å². The maximum absolute atomic E-state index is 6.41. The summed E-state index contributed by atoms with van der Waals surface area (Å²) in [4.78, 5) is 5.24. The molecule has 3 rings (SSSR count). The molecule has 3 nitrogen and oxygen atoms in total. The molecule has 0 aliphatic heterocycles. The van der Waals surface area contributed by atoms with Crippen LogP contribution >= 0.6 is 35.0 Å². The summed E-state index contributed by atoms with van der Waals surface area (Å²) >= 11 is 14.2. The van der Waals surface area contributed by atoms with E-state index in [1.165, 1.54) is 0 Å². The van der Waals surface area contributed by atoms with Crippen molar-refractivity contribution in [2.24, 2.45) is 0 Å². The molecule has 1 heterocycles. The van der Waals surface area contributed by atoms with E-state index in [0.29, 0.717) is 10.0 Å². The summed E-state index contributed by atoms with van der Waals surface area (Å²) in [6.07, 6.45) is 5.52. The van der Waals surface area contributed by atoms with Crippen molar-refractivity contribution in [2.75, 3.05) is 5.73 Å². The highest BCUT2D eigenvalue weighted by molar-refractivity contribution is 7.99. The Morgan fingerprint density at radius 1 is 1.13 bits per heavy atom. The first kappa shape index (κ1) is 16.2. The summed E-state index contributed by atoms with van der Waals surface area (Å²) in [6.45, 7) is 0.760. The number of rotatable bonds is 5. The van der Waals surface area contributed by atoms with Gasteiger partial charge in [0.05, 0.1) is 11.6 Å². The van der Waals surface area contributed by atoms with Gasteiger partial charge in [0.15, 0.2) is 0 Å². The van der Waals surface area contributed by atoms with Gasteiger partial charge in [0.1, 0.15) is 0 Å². The highest BCUT2D eigenvalue weighted by atomic mass is 35.5. The standard InChI is InChI=1S/C17H15Cl2N3S/c18-12-1-6-15(16(19)9-12)17(10-22-8-7-21-11-22)23-14-4-2-13(20)3-5-14/h1-9,11,17H,10,20H2. The van der Waals surface area contributed by atoms with Crippen molar-refractivity contribution in [3.05, 3.63) is 76.8 Å². The molecule has 0 aliphatic rings. The van der Waals surface area contributed by atoms with Crippen LogP contribution in [0.3, 0.4) is 0 Å². The molecule has 0 saturated heterocycles. The zero-order valence-electron chi connectivity index (χ0n) is 12.2. The normalized spacial score (nSPS) is 12.3. The second kappa shape index (κ2) is 7.30. The van der Waals surface area contributed by atoms with E-state index in [-0.39, 0.29) is 5.25 Å². The van der Waals surface area contributed by atoms with Crippen LogP contribution in [0, 0.1) is 0 Å². The fraction of sp³-hybridized carbons (Fsp3) is 0.118. The lowest BCUT2D eigenvalue weighted by Crippen LogP contribution is -2.05. The van der Waals surface area contributed by atoms with Gasteiger partial charge in [-0.25, -0.2) is 4.98 Å². The van der Waals surface area contributed by atoms with Crippen LogP contribution in [-0.4, -0.2) is 9.55 Å². The SMILES string of the molecule is Nc1ccc(SC(Cn2ccnc2)c2ccc(Cl)cc2Cl)cc1. The maximum Gasteiger partial charge on any atom is 0.0946 e. The number of nitrogens with two attached hydrogens (primary N) is 1. The number of imidazole rings is 1. The van der Waals surface area contributed by atoms with Gasteiger partial charge >= 0.3 is 0 Å². The molecule has 6 heteroatoms. The molecule has 2 aromatic carbocycles. The molecule has 1 atom stereocenters. The van der Waals surface area contributed by atoms with Crippen LogP contribution in [-0.2, 0) is 6.54 Å². The molecule has 0 amide bonds. The summed E-state index contributed by atoms with van der Waals surface area (Å²) in [5.74, 6) is 0. The number of anilines is 1. The molecule has 1 unspecified atom stereocenters.